The Hall–Kier alpha value is -1.14. The van der Waals surface area contributed by atoms with Crippen molar-refractivity contribution in [2.45, 2.75) is 17.6 Å². The van der Waals surface area contributed by atoms with Crippen molar-refractivity contribution in [1.29, 1.82) is 0 Å². The third kappa shape index (κ3) is 4.70. The van der Waals surface area contributed by atoms with Crippen LogP contribution in [0, 0.1) is 5.92 Å². The van der Waals surface area contributed by atoms with Gasteiger partial charge in [0.05, 0.1) is 0 Å². The average Bonchev–Trinajstić information content (AvgIpc) is 2.27. The summed E-state index contributed by atoms with van der Waals surface area (Å²) >= 11 is 0.445. The summed E-state index contributed by atoms with van der Waals surface area (Å²) in [7, 11) is 0. The number of hydrogen-bond acceptors (Lipinski definition) is 3. The standard InChI is InChI=1S/C11H14F2N2OS/c1-7(6-14)10(16)15-8-3-2-4-9(5-8)17-11(12)13/h2-5,7,11H,6,14H2,1H3,(H,15,16). The van der Waals surface area contributed by atoms with Crippen LogP contribution in [0.15, 0.2) is 29.2 Å². The molecule has 0 aromatic heterocycles. The molecule has 1 rings (SSSR count). The van der Waals surface area contributed by atoms with E-state index in [2.05, 4.69) is 5.32 Å². The highest BCUT2D eigenvalue weighted by Crippen LogP contribution is 2.27. The Morgan fingerprint density at radius 2 is 2.24 bits per heavy atom. The van der Waals surface area contributed by atoms with Crippen LogP contribution >= 0.6 is 11.8 Å². The largest absolute Gasteiger partial charge is 0.330 e. The van der Waals surface area contributed by atoms with Crippen molar-refractivity contribution in [3.8, 4) is 0 Å². The Balaban J connectivity index is 2.68. The van der Waals surface area contributed by atoms with Gasteiger partial charge in [0.1, 0.15) is 0 Å². The minimum Gasteiger partial charge on any atom is -0.330 e. The number of nitrogens with one attached hydrogen (secondary N) is 1. The molecule has 0 aliphatic heterocycles. The van der Waals surface area contributed by atoms with Crippen LogP contribution in [-0.4, -0.2) is 18.2 Å². The van der Waals surface area contributed by atoms with E-state index in [-0.39, 0.29) is 18.4 Å². The zero-order valence-corrected chi connectivity index (χ0v) is 10.1. The fraction of sp³-hybridized carbons (Fsp3) is 0.364. The van der Waals surface area contributed by atoms with Gasteiger partial charge in [-0.25, -0.2) is 0 Å². The van der Waals surface area contributed by atoms with Gasteiger partial charge >= 0.3 is 0 Å². The molecule has 3 N–H and O–H groups in total. The predicted octanol–water partition coefficient (Wildman–Crippen LogP) is 2.53. The summed E-state index contributed by atoms with van der Waals surface area (Å²) in [6.45, 7) is 1.95. The molecule has 0 aliphatic rings. The van der Waals surface area contributed by atoms with Crippen LogP contribution < -0.4 is 11.1 Å². The lowest BCUT2D eigenvalue weighted by Crippen LogP contribution is -2.26. The van der Waals surface area contributed by atoms with E-state index in [1.54, 1.807) is 25.1 Å². The molecule has 0 heterocycles. The van der Waals surface area contributed by atoms with E-state index in [0.29, 0.717) is 22.3 Å². The highest BCUT2D eigenvalue weighted by molar-refractivity contribution is 7.99. The molecule has 0 fully saturated rings. The van der Waals surface area contributed by atoms with E-state index in [1.165, 1.54) is 6.07 Å². The topological polar surface area (TPSA) is 55.1 Å². The summed E-state index contributed by atoms with van der Waals surface area (Å²) in [6, 6.07) is 6.35. The maximum absolute atomic E-state index is 12.2. The number of halogens is 2. The van der Waals surface area contributed by atoms with Crippen molar-refractivity contribution in [3.63, 3.8) is 0 Å². The molecule has 1 aromatic carbocycles. The first-order valence-corrected chi connectivity index (χ1v) is 5.96. The zero-order chi connectivity index (χ0) is 12.8. The lowest BCUT2D eigenvalue weighted by atomic mass is 10.1. The first kappa shape index (κ1) is 13.9. The van der Waals surface area contributed by atoms with Crippen molar-refractivity contribution >= 4 is 23.4 Å². The summed E-state index contributed by atoms with van der Waals surface area (Å²) in [4.78, 5) is 11.9. The molecule has 1 aromatic rings. The van der Waals surface area contributed by atoms with Gasteiger partial charge in [0.2, 0.25) is 5.91 Å². The smallest absolute Gasteiger partial charge is 0.288 e. The molecule has 17 heavy (non-hydrogen) atoms. The van der Waals surface area contributed by atoms with E-state index < -0.39 is 5.76 Å². The van der Waals surface area contributed by atoms with Gasteiger partial charge in [0.25, 0.3) is 5.76 Å². The average molecular weight is 260 g/mol. The van der Waals surface area contributed by atoms with Crippen molar-refractivity contribution in [2.75, 3.05) is 11.9 Å². The SMILES string of the molecule is CC(CN)C(=O)Nc1cccc(SC(F)F)c1. The van der Waals surface area contributed by atoms with E-state index in [0.717, 1.165) is 0 Å². The Labute approximate surface area is 103 Å². The molecule has 94 valence electrons. The monoisotopic (exact) mass is 260 g/mol. The van der Waals surface area contributed by atoms with E-state index >= 15 is 0 Å². The van der Waals surface area contributed by atoms with Gasteiger partial charge in [0, 0.05) is 23.0 Å². The molecule has 0 bridgehead atoms. The highest BCUT2D eigenvalue weighted by Gasteiger charge is 2.11. The molecule has 0 saturated heterocycles. The number of benzene rings is 1. The Kier molecular flexibility index (Phi) is 5.37. The lowest BCUT2D eigenvalue weighted by Gasteiger charge is -2.10. The van der Waals surface area contributed by atoms with Crippen LogP contribution in [-0.2, 0) is 4.79 Å². The second-order valence-electron chi connectivity index (χ2n) is 3.53. The second-order valence-corrected chi connectivity index (χ2v) is 4.60. The normalized spacial score (nSPS) is 12.5. The summed E-state index contributed by atoms with van der Waals surface area (Å²) in [5.74, 6) is -2.99. The van der Waals surface area contributed by atoms with Gasteiger partial charge in [-0.05, 0) is 18.2 Å². The number of alkyl halides is 2. The van der Waals surface area contributed by atoms with Gasteiger partial charge in [-0.1, -0.05) is 24.8 Å². The number of carbonyl (C=O) groups excluding carboxylic acids is 1. The predicted molar refractivity (Wildman–Crippen MR) is 65.2 cm³/mol. The molecule has 1 unspecified atom stereocenters. The van der Waals surface area contributed by atoms with E-state index in [9.17, 15) is 13.6 Å². The fourth-order valence-electron chi connectivity index (χ4n) is 1.12. The third-order valence-corrected chi connectivity index (χ3v) is 2.83. The minimum absolute atomic E-state index is 0.216. The minimum atomic E-state index is -2.47. The van der Waals surface area contributed by atoms with Crippen LogP contribution in [0.4, 0.5) is 14.5 Å². The quantitative estimate of drug-likeness (QED) is 0.800. The van der Waals surface area contributed by atoms with Gasteiger partial charge in [-0.15, -0.1) is 0 Å². The zero-order valence-electron chi connectivity index (χ0n) is 9.32. The van der Waals surface area contributed by atoms with Gasteiger partial charge in [-0.3, -0.25) is 4.79 Å². The van der Waals surface area contributed by atoms with Crippen LogP contribution in [0.3, 0.4) is 0 Å². The Morgan fingerprint density at radius 3 is 2.82 bits per heavy atom. The number of amides is 1. The molecule has 0 aliphatic carbocycles. The number of hydrogen-bond donors (Lipinski definition) is 2. The summed E-state index contributed by atoms with van der Waals surface area (Å²) in [5, 5.41) is 2.63. The van der Waals surface area contributed by atoms with E-state index in [4.69, 9.17) is 5.73 Å². The molecule has 3 nitrogen and oxygen atoms in total. The Morgan fingerprint density at radius 1 is 1.53 bits per heavy atom. The molecular weight excluding hydrogens is 246 g/mol. The Bertz CT molecular complexity index is 387. The van der Waals surface area contributed by atoms with E-state index in [1.807, 2.05) is 0 Å². The summed E-state index contributed by atoms with van der Waals surface area (Å²) < 4.78 is 24.3. The summed E-state index contributed by atoms with van der Waals surface area (Å²) in [5.41, 5.74) is 5.86. The number of anilines is 1. The maximum Gasteiger partial charge on any atom is 0.288 e. The van der Waals surface area contributed by atoms with Crippen LogP contribution in [0.25, 0.3) is 0 Å². The van der Waals surface area contributed by atoms with Crippen molar-refractivity contribution in [2.24, 2.45) is 11.7 Å². The molecular formula is C11H14F2N2OS. The lowest BCUT2D eigenvalue weighted by molar-refractivity contribution is -0.119. The van der Waals surface area contributed by atoms with Gasteiger partial charge in [-0.2, -0.15) is 8.78 Å². The fourth-order valence-corrected chi connectivity index (χ4v) is 1.68. The van der Waals surface area contributed by atoms with Crippen LogP contribution in [0.5, 0.6) is 0 Å². The van der Waals surface area contributed by atoms with Gasteiger partial charge < -0.3 is 11.1 Å². The maximum atomic E-state index is 12.2. The molecule has 1 amide bonds. The van der Waals surface area contributed by atoms with Crippen molar-refractivity contribution in [1.82, 2.24) is 0 Å². The van der Waals surface area contributed by atoms with Gasteiger partial charge in [0.15, 0.2) is 0 Å². The number of thioether (sulfide) groups is 1. The van der Waals surface area contributed by atoms with Crippen LogP contribution in [0.1, 0.15) is 6.92 Å². The van der Waals surface area contributed by atoms with Crippen molar-refractivity contribution < 1.29 is 13.6 Å². The molecule has 0 spiro atoms. The molecule has 1 atom stereocenters. The highest BCUT2D eigenvalue weighted by atomic mass is 32.2. The number of rotatable bonds is 5. The summed E-state index contributed by atoms with van der Waals surface area (Å²) in [6.07, 6.45) is 0. The van der Waals surface area contributed by atoms with Crippen LogP contribution in [0.2, 0.25) is 0 Å². The molecule has 6 heteroatoms. The molecule has 0 radical (unpaired) electrons. The second kappa shape index (κ2) is 6.56. The number of nitrogens with two attached hydrogens (primary N) is 1. The number of carbonyl (C=O) groups is 1. The third-order valence-electron chi connectivity index (χ3n) is 2.13. The van der Waals surface area contributed by atoms with Crippen molar-refractivity contribution in [3.05, 3.63) is 24.3 Å². The first-order valence-electron chi connectivity index (χ1n) is 5.08. The first-order chi connectivity index (χ1) is 8.02. The molecule has 0 saturated carbocycles.